The lowest BCUT2D eigenvalue weighted by molar-refractivity contribution is -0.143. The van der Waals surface area contributed by atoms with Crippen LogP contribution >= 0.6 is 0 Å². The highest BCUT2D eigenvalue weighted by Gasteiger charge is 2.40. The van der Waals surface area contributed by atoms with Crippen LogP contribution in [0.1, 0.15) is 55.9 Å². The molecule has 3 aromatic heterocycles. The Balaban J connectivity index is 1.52. The van der Waals surface area contributed by atoms with Crippen molar-refractivity contribution in [2.24, 2.45) is 11.8 Å². The molecule has 6 nitrogen and oxygen atoms in total. The minimum Gasteiger partial charge on any atom is -0.481 e. The number of carbonyl (C=O) groups is 1. The fourth-order valence-corrected chi connectivity index (χ4v) is 4.59. The van der Waals surface area contributed by atoms with Gasteiger partial charge in [0.1, 0.15) is 11.6 Å². The summed E-state index contributed by atoms with van der Waals surface area (Å²) in [4.78, 5) is 24.2. The molecule has 3 aromatic rings. The molecule has 184 valence electrons. The van der Waals surface area contributed by atoms with E-state index in [0.717, 1.165) is 5.56 Å². The van der Waals surface area contributed by atoms with E-state index in [1.165, 1.54) is 25.3 Å². The van der Waals surface area contributed by atoms with Crippen molar-refractivity contribution in [2.45, 2.75) is 51.6 Å². The zero-order valence-corrected chi connectivity index (χ0v) is 19.5. The average Bonchev–Trinajstić information content (AvgIpc) is 2.84. The van der Waals surface area contributed by atoms with Gasteiger partial charge in [-0.1, -0.05) is 0 Å². The van der Waals surface area contributed by atoms with Gasteiger partial charge in [-0.2, -0.15) is 0 Å². The van der Waals surface area contributed by atoms with Crippen LogP contribution in [-0.2, 0) is 10.5 Å². The second-order valence-electron chi connectivity index (χ2n) is 9.21. The highest BCUT2D eigenvalue weighted by atomic mass is 19.3. The number of hydrogen-bond acceptors (Lipinski definition) is 5. The smallest absolute Gasteiger partial charge is 0.306 e. The van der Waals surface area contributed by atoms with Crippen LogP contribution in [0.25, 0.3) is 11.3 Å². The number of aromatic nitrogens is 3. The van der Waals surface area contributed by atoms with Crippen molar-refractivity contribution in [3.05, 3.63) is 65.6 Å². The number of carboxylic acids is 1. The highest BCUT2D eigenvalue weighted by Crippen LogP contribution is 2.43. The van der Waals surface area contributed by atoms with Crippen molar-refractivity contribution >= 4 is 17.6 Å². The first-order valence-corrected chi connectivity index (χ1v) is 11.5. The second kappa shape index (κ2) is 10.0. The predicted octanol–water partition coefficient (Wildman–Crippen LogP) is 6.60. The standard InChI is InChI=1S/C26H27F3N4O2/c1-15-11-20(32-23(12-15)33-22-13-17(24(27)28)9-10-30-22)18-5-8-21(31-14-18)26(2,29)19-6-3-16(4-7-19)25(34)35/h5,8-14,16,19,24H,3-4,6-7H2,1-2H3,(H,34,35)(H,30,32,33)/t16-,19-,26?. The Bertz CT molecular complexity index is 1190. The summed E-state index contributed by atoms with van der Waals surface area (Å²) in [5.41, 5.74) is 0.659. The maximum absolute atomic E-state index is 15.7. The Morgan fingerprint density at radius 3 is 2.46 bits per heavy atom. The number of halogens is 3. The van der Waals surface area contributed by atoms with Crippen molar-refractivity contribution in [3.8, 4) is 11.3 Å². The molecule has 2 N–H and O–H groups in total. The van der Waals surface area contributed by atoms with Gasteiger partial charge in [-0.25, -0.2) is 23.1 Å². The van der Waals surface area contributed by atoms with Crippen molar-refractivity contribution in [1.29, 1.82) is 0 Å². The first-order valence-electron chi connectivity index (χ1n) is 11.5. The van der Waals surface area contributed by atoms with Crippen LogP contribution in [0.3, 0.4) is 0 Å². The van der Waals surface area contributed by atoms with Gasteiger partial charge in [-0.15, -0.1) is 0 Å². The topological polar surface area (TPSA) is 88.0 Å². The molecule has 4 rings (SSSR count). The van der Waals surface area contributed by atoms with Crippen LogP contribution in [0.4, 0.5) is 24.8 Å². The van der Waals surface area contributed by atoms with E-state index in [2.05, 4.69) is 20.3 Å². The first kappa shape index (κ1) is 24.6. The molecule has 1 fully saturated rings. The summed E-state index contributed by atoms with van der Waals surface area (Å²) in [6.07, 6.45) is 2.22. The molecule has 35 heavy (non-hydrogen) atoms. The van der Waals surface area contributed by atoms with Crippen molar-refractivity contribution in [2.75, 3.05) is 5.32 Å². The van der Waals surface area contributed by atoms with Gasteiger partial charge < -0.3 is 10.4 Å². The molecule has 1 aliphatic rings. The molecule has 0 radical (unpaired) electrons. The van der Waals surface area contributed by atoms with E-state index >= 15 is 4.39 Å². The molecule has 3 heterocycles. The summed E-state index contributed by atoms with van der Waals surface area (Å²) in [5, 5.41) is 12.2. The minimum absolute atomic E-state index is 0.138. The quantitative estimate of drug-likeness (QED) is 0.393. The third kappa shape index (κ3) is 5.61. The van der Waals surface area contributed by atoms with Crippen LogP contribution in [0.5, 0.6) is 0 Å². The Morgan fingerprint density at radius 1 is 1.09 bits per heavy atom. The van der Waals surface area contributed by atoms with E-state index in [4.69, 9.17) is 0 Å². The summed E-state index contributed by atoms with van der Waals surface area (Å²) in [5.74, 6) is -0.815. The SMILES string of the molecule is Cc1cc(Nc2cc(C(F)F)ccn2)nc(-c2ccc(C(C)(F)[C@H]3CC[C@H](C(=O)O)CC3)nc2)c1. The lowest BCUT2D eigenvalue weighted by Gasteiger charge is -2.34. The Kier molecular flexibility index (Phi) is 7.05. The number of nitrogens with one attached hydrogen (secondary N) is 1. The maximum atomic E-state index is 15.7. The summed E-state index contributed by atoms with van der Waals surface area (Å²) < 4.78 is 41.7. The lowest BCUT2D eigenvalue weighted by Crippen LogP contribution is -2.33. The van der Waals surface area contributed by atoms with E-state index in [0.29, 0.717) is 48.5 Å². The number of nitrogens with zero attached hydrogens (tertiary/aromatic N) is 3. The average molecular weight is 485 g/mol. The molecule has 1 unspecified atom stereocenters. The number of anilines is 2. The van der Waals surface area contributed by atoms with Gasteiger partial charge in [0.15, 0.2) is 5.67 Å². The van der Waals surface area contributed by atoms with E-state index in [1.54, 1.807) is 24.4 Å². The zero-order chi connectivity index (χ0) is 25.2. The van der Waals surface area contributed by atoms with E-state index < -0.39 is 24.0 Å². The van der Waals surface area contributed by atoms with Crippen molar-refractivity contribution in [1.82, 2.24) is 15.0 Å². The van der Waals surface area contributed by atoms with Gasteiger partial charge in [0, 0.05) is 23.5 Å². The molecule has 1 aliphatic carbocycles. The van der Waals surface area contributed by atoms with Gasteiger partial charge in [0.25, 0.3) is 6.43 Å². The summed E-state index contributed by atoms with van der Waals surface area (Å²) >= 11 is 0. The minimum atomic E-state index is -2.60. The number of alkyl halides is 3. The molecule has 9 heteroatoms. The Labute approximate surface area is 201 Å². The summed E-state index contributed by atoms with van der Waals surface area (Å²) in [6.45, 7) is 3.39. The second-order valence-corrected chi connectivity index (χ2v) is 9.21. The normalized spacial score (nSPS) is 19.8. The number of aliphatic carboxylic acids is 1. The third-order valence-electron chi connectivity index (χ3n) is 6.66. The van der Waals surface area contributed by atoms with Crippen LogP contribution in [0, 0.1) is 18.8 Å². The van der Waals surface area contributed by atoms with Crippen LogP contribution in [-0.4, -0.2) is 26.0 Å². The Morgan fingerprint density at radius 2 is 1.83 bits per heavy atom. The molecule has 0 aliphatic heterocycles. The molecular weight excluding hydrogens is 457 g/mol. The van der Waals surface area contributed by atoms with Gasteiger partial charge in [0.05, 0.1) is 17.3 Å². The highest BCUT2D eigenvalue weighted by molar-refractivity contribution is 5.70. The van der Waals surface area contributed by atoms with Gasteiger partial charge >= 0.3 is 5.97 Å². The summed E-state index contributed by atoms with van der Waals surface area (Å²) in [7, 11) is 0. The first-order chi connectivity index (χ1) is 16.6. The van der Waals surface area contributed by atoms with E-state index in [-0.39, 0.29) is 17.3 Å². The molecule has 0 saturated heterocycles. The van der Waals surface area contributed by atoms with Gasteiger partial charge in [-0.05, 0) is 87.4 Å². The zero-order valence-electron chi connectivity index (χ0n) is 19.5. The van der Waals surface area contributed by atoms with Crippen molar-refractivity contribution in [3.63, 3.8) is 0 Å². The van der Waals surface area contributed by atoms with Crippen LogP contribution in [0.2, 0.25) is 0 Å². The predicted molar refractivity (Wildman–Crippen MR) is 126 cm³/mol. The van der Waals surface area contributed by atoms with Crippen LogP contribution in [0.15, 0.2) is 48.8 Å². The molecular formula is C26H27F3N4O2. The fourth-order valence-electron chi connectivity index (χ4n) is 4.59. The Hall–Kier alpha value is -3.49. The molecule has 1 saturated carbocycles. The molecule has 0 amide bonds. The number of hydrogen-bond donors (Lipinski definition) is 2. The molecule has 0 aromatic carbocycles. The number of carboxylic acid groups (broad SMARTS) is 1. The molecule has 0 bridgehead atoms. The van der Waals surface area contributed by atoms with Crippen LogP contribution < -0.4 is 5.32 Å². The van der Waals surface area contributed by atoms with E-state index in [9.17, 15) is 18.7 Å². The van der Waals surface area contributed by atoms with E-state index in [1.807, 2.05) is 13.0 Å². The number of aryl methyl sites for hydroxylation is 1. The lowest BCUT2D eigenvalue weighted by atomic mass is 9.73. The fraction of sp³-hybridized carbons (Fsp3) is 0.385. The number of pyridine rings is 3. The maximum Gasteiger partial charge on any atom is 0.306 e. The number of rotatable bonds is 7. The third-order valence-corrected chi connectivity index (χ3v) is 6.66. The summed E-state index contributed by atoms with van der Waals surface area (Å²) in [6, 6.07) is 9.56. The monoisotopic (exact) mass is 484 g/mol. The molecule has 1 atom stereocenters. The largest absolute Gasteiger partial charge is 0.481 e. The molecule has 0 spiro atoms. The van der Waals surface area contributed by atoms with Gasteiger partial charge in [-0.3, -0.25) is 9.78 Å². The van der Waals surface area contributed by atoms with Crippen molar-refractivity contribution < 1.29 is 23.1 Å². The van der Waals surface area contributed by atoms with Gasteiger partial charge in [0.2, 0.25) is 0 Å².